The van der Waals surface area contributed by atoms with E-state index in [9.17, 15) is 14.4 Å². The monoisotopic (exact) mass is 454 g/mol. The number of nitrogens with zero attached hydrogens (tertiary/aromatic N) is 1. The van der Waals surface area contributed by atoms with Gasteiger partial charge in [-0.3, -0.25) is 9.59 Å². The van der Waals surface area contributed by atoms with Crippen LogP contribution >= 0.6 is 0 Å². The number of carbonyl (C=O) groups is 3. The van der Waals surface area contributed by atoms with E-state index in [1.54, 1.807) is 7.05 Å². The first-order valence-electron chi connectivity index (χ1n) is 10.9. The van der Waals surface area contributed by atoms with Crippen molar-refractivity contribution in [2.75, 3.05) is 27.4 Å². The van der Waals surface area contributed by atoms with Crippen LogP contribution in [0.1, 0.15) is 36.8 Å². The summed E-state index contributed by atoms with van der Waals surface area (Å²) >= 11 is 0. The number of hydrogen-bond acceptors (Lipinski definition) is 5. The Balaban J connectivity index is 1.68. The average molecular weight is 455 g/mol. The molecule has 0 bridgehead atoms. The van der Waals surface area contributed by atoms with Crippen LogP contribution in [0.2, 0.25) is 0 Å². The third-order valence-corrected chi connectivity index (χ3v) is 6.00. The number of fused-ring (bicyclic) bond motifs is 3. The van der Waals surface area contributed by atoms with Gasteiger partial charge in [-0.15, -0.1) is 0 Å². The second-order valence-corrected chi connectivity index (χ2v) is 8.21. The van der Waals surface area contributed by atoms with Crippen molar-refractivity contribution >= 4 is 18.0 Å². The summed E-state index contributed by atoms with van der Waals surface area (Å²) in [6.07, 6.45) is -1.05. The van der Waals surface area contributed by atoms with Crippen molar-refractivity contribution in [3.05, 3.63) is 59.7 Å². The zero-order valence-corrected chi connectivity index (χ0v) is 19.1. The van der Waals surface area contributed by atoms with Crippen molar-refractivity contribution in [1.29, 1.82) is 0 Å². The number of carboxylic acid groups (broad SMARTS) is 1. The highest BCUT2D eigenvalue weighted by atomic mass is 16.5. The Labute approximate surface area is 193 Å². The largest absolute Gasteiger partial charge is 0.481 e. The fourth-order valence-electron chi connectivity index (χ4n) is 4.12. The normalized spacial score (nSPS) is 14.0. The summed E-state index contributed by atoms with van der Waals surface area (Å²) in [5.74, 6) is -1.55. The number of amides is 2. The number of methoxy groups -OCH3 is 1. The van der Waals surface area contributed by atoms with Crippen LogP contribution in [0.5, 0.6) is 0 Å². The lowest BCUT2D eigenvalue weighted by Crippen LogP contribution is -2.51. The molecule has 0 aliphatic heterocycles. The standard InChI is InChI=1S/C25H30N2O6/c1-16(14-32-3)27(2)24(30)22(12-13-23(28)29)26-25(31)33-15-21-19-10-6-4-8-17(19)18-9-5-7-11-20(18)21/h4-11,16,21-22H,12-15H2,1-3H3,(H,26,31)(H,28,29). The molecule has 2 amide bonds. The van der Waals surface area contributed by atoms with Crippen LogP contribution in [-0.2, 0) is 19.1 Å². The number of hydrogen-bond donors (Lipinski definition) is 2. The first-order valence-corrected chi connectivity index (χ1v) is 10.9. The fourth-order valence-corrected chi connectivity index (χ4v) is 4.12. The lowest BCUT2D eigenvalue weighted by molar-refractivity contribution is -0.138. The molecule has 0 fully saturated rings. The minimum absolute atomic E-state index is 0.0393. The summed E-state index contributed by atoms with van der Waals surface area (Å²) in [6, 6.07) is 14.7. The number of benzene rings is 2. The van der Waals surface area contributed by atoms with Gasteiger partial charge in [-0.2, -0.15) is 0 Å². The van der Waals surface area contributed by atoms with Crippen molar-refractivity contribution in [1.82, 2.24) is 10.2 Å². The molecule has 8 nitrogen and oxygen atoms in total. The summed E-state index contributed by atoms with van der Waals surface area (Å²) < 4.78 is 10.6. The number of carbonyl (C=O) groups excluding carboxylic acids is 2. The summed E-state index contributed by atoms with van der Waals surface area (Å²) in [5, 5.41) is 11.6. The molecular weight excluding hydrogens is 424 g/mol. The lowest BCUT2D eigenvalue weighted by atomic mass is 9.98. The predicted molar refractivity (Wildman–Crippen MR) is 123 cm³/mol. The van der Waals surface area contributed by atoms with E-state index in [0.29, 0.717) is 6.61 Å². The van der Waals surface area contributed by atoms with Crippen molar-refractivity contribution < 1.29 is 29.0 Å². The third kappa shape index (κ3) is 5.70. The Morgan fingerprint density at radius 2 is 1.64 bits per heavy atom. The molecule has 0 heterocycles. The smallest absolute Gasteiger partial charge is 0.407 e. The first kappa shape index (κ1) is 24.3. The molecule has 2 unspecified atom stereocenters. The van der Waals surface area contributed by atoms with E-state index in [4.69, 9.17) is 14.6 Å². The van der Waals surface area contributed by atoms with Gasteiger partial charge in [-0.25, -0.2) is 4.79 Å². The second kappa shape index (κ2) is 11.0. The quantitative estimate of drug-likeness (QED) is 0.571. The number of ether oxygens (including phenoxy) is 2. The highest BCUT2D eigenvalue weighted by Crippen LogP contribution is 2.44. The fraction of sp³-hybridized carbons (Fsp3) is 0.400. The van der Waals surface area contributed by atoms with E-state index >= 15 is 0 Å². The van der Waals surface area contributed by atoms with E-state index in [1.165, 1.54) is 12.0 Å². The van der Waals surface area contributed by atoms with Crippen LogP contribution in [0, 0.1) is 0 Å². The molecular formula is C25H30N2O6. The van der Waals surface area contributed by atoms with Crippen LogP contribution in [0.4, 0.5) is 4.79 Å². The number of likely N-dealkylation sites (N-methyl/N-ethyl adjacent to an activating group) is 1. The minimum atomic E-state index is -1.05. The predicted octanol–water partition coefficient (Wildman–Crippen LogP) is 3.25. The molecule has 33 heavy (non-hydrogen) atoms. The number of aliphatic carboxylic acids is 1. The number of carboxylic acids is 1. The van der Waals surface area contributed by atoms with Crippen molar-refractivity contribution in [2.24, 2.45) is 0 Å². The van der Waals surface area contributed by atoms with Gasteiger partial charge in [0, 0.05) is 26.5 Å². The van der Waals surface area contributed by atoms with Gasteiger partial charge in [-0.1, -0.05) is 48.5 Å². The summed E-state index contributed by atoms with van der Waals surface area (Å²) in [6.45, 7) is 2.23. The van der Waals surface area contributed by atoms with Gasteiger partial charge in [0.2, 0.25) is 5.91 Å². The maximum atomic E-state index is 12.9. The summed E-state index contributed by atoms with van der Waals surface area (Å²) in [4.78, 5) is 38.0. The number of nitrogens with one attached hydrogen (secondary N) is 1. The maximum Gasteiger partial charge on any atom is 0.407 e. The number of rotatable bonds is 10. The van der Waals surface area contributed by atoms with E-state index < -0.39 is 24.0 Å². The molecule has 3 rings (SSSR count). The molecule has 8 heteroatoms. The van der Waals surface area contributed by atoms with Crippen molar-refractivity contribution in [3.8, 4) is 11.1 Å². The van der Waals surface area contributed by atoms with Crippen LogP contribution in [-0.4, -0.2) is 67.4 Å². The highest BCUT2D eigenvalue weighted by Gasteiger charge is 2.31. The molecule has 1 aliphatic carbocycles. The van der Waals surface area contributed by atoms with Gasteiger partial charge in [0.1, 0.15) is 12.6 Å². The van der Waals surface area contributed by atoms with E-state index in [0.717, 1.165) is 22.3 Å². The molecule has 2 atom stereocenters. The molecule has 2 aromatic carbocycles. The van der Waals surface area contributed by atoms with Crippen LogP contribution < -0.4 is 5.32 Å². The van der Waals surface area contributed by atoms with Crippen LogP contribution in [0.15, 0.2) is 48.5 Å². The summed E-state index contributed by atoms with van der Waals surface area (Å²) in [5.41, 5.74) is 4.40. The van der Waals surface area contributed by atoms with Crippen LogP contribution in [0.25, 0.3) is 11.1 Å². The molecule has 2 N–H and O–H groups in total. The Morgan fingerprint density at radius 3 is 2.18 bits per heavy atom. The Kier molecular flexibility index (Phi) is 8.06. The van der Waals surface area contributed by atoms with Crippen molar-refractivity contribution in [3.63, 3.8) is 0 Å². The van der Waals surface area contributed by atoms with Gasteiger partial charge in [0.05, 0.1) is 12.6 Å². The lowest BCUT2D eigenvalue weighted by Gasteiger charge is -2.29. The highest BCUT2D eigenvalue weighted by molar-refractivity contribution is 5.86. The molecule has 2 aromatic rings. The molecule has 0 saturated heterocycles. The second-order valence-electron chi connectivity index (χ2n) is 8.21. The molecule has 0 radical (unpaired) electrons. The van der Waals surface area contributed by atoms with E-state index in [2.05, 4.69) is 5.32 Å². The van der Waals surface area contributed by atoms with Gasteiger partial charge >= 0.3 is 12.1 Å². The average Bonchev–Trinajstić information content (AvgIpc) is 3.13. The Hall–Kier alpha value is -3.39. The van der Waals surface area contributed by atoms with E-state index in [-0.39, 0.29) is 31.4 Å². The minimum Gasteiger partial charge on any atom is -0.481 e. The molecule has 0 aromatic heterocycles. The topological polar surface area (TPSA) is 105 Å². The van der Waals surface area contributed by atoms with Gasteiger partial charge in [-0.05, 0) is 35.6 Å². The zero-order valence-electron chi connectivity index (χ0n) is 19.1. The zero-order chi connectivity index (χ0) is 24.0. The molecule has 1 aliphatic rings. The summed E-state index contributed by atoms with van der Waals surface area (Å²) in [7, 11) is 3.13. The molecule has 0 saturated carbocycles. The molecule has 0 spiro atoms. The number of alkyl carbamates (subject to hydrolysis) is 1. The van der Waals surface area contributed by atoms with Gasteiger partial charge in [0.15, 0.2) is 0 Å². The third-order valence-electron chi connectivity index (χ3n) is 6.00. The van der Waals surface area contributed by atoms with E-state index in [1.807, 2.05) is 55.5 Å². The van der Waals surface area contributed by atoms with Crippen molar-refractivity contribution in [2.45, 2.75) is 37.8 Å². The molecule has 176 valence electrons. The SMILES string of the molecule is COCC(C)N(C)C(=O)C(CCC(=O)O)NC(=O)OCC1c2ccccc2-c2ccccc21. The van der Waals surface area contributed by atoms with Gasteiger partial charge in [0.25, 0.3) is 0 Å². The Morgan fingerprint density at radius 1 is 1.06 bits per heavy atom. The van der Waals surface area contributed by atoms with Crippen LogP contribution in [0.3, 0.4) is 0 Å². The Bertz CT molecular complexity index is 962. The maximum absolute atomic E-state index is 12.9. The first-order chi connectivity index (χ1) is 15.8. The van der Waals surface area contributed by atoms with Gasteiger partial charge < -0.3 is 24.8 Å².